The van der Waals surface area contributed by atoms with Gasteiger partial charge in [-0.15, -0.1) is 0 Å². The minimum Gasteiger partial charge on any atom is -0.481 e. The molecule has 0 aromatic rings. The summed E-state index contributed by atoms with van der Waals surface area (Å²) in [5, 5.41) is 18.9. The Labute approximate surface area is 273 Å². The molecule has 45 heavy (non-hydrogen) atoms. The van der Waals surface area contributed by atoms with E-state index in [-0.39, 0.29) is 39.3 Å². The van der Waals surface area contributed by atoms with Crippen LogP contribution in [0.25, 0.3) is 0 Å². The summed E-state index contributed by atoms with van der Waals surface area (Å²) in [5.74, 6) is -4.57. The van der Waals surface area contributed by atoms with E-state index in [2.05, 4.69) is 13.8 Å². The van der Waals surface area contributed by atoms with Gasteiger partial charge >= 0.3 is 23.9 Å². The highest BCUT2D eigenvalue weighted by molar-refractivity contribution is 5.79. The van der Waals surface area contributed by atoms with Gasteiger partial charge in [-0.3, -0.25) is 19.2 Å². The molecule has 0 aliphatic rings. The third-order valence-corrected chi connectivity index (χ3v) is 8.32. The number of carbonyl (C=O) groups is 4. The SMILES string of the molecule is CCCCCCCCCCCCC(CC(=O)OCCOCCOC(=O)CC(CCCCCCCCCCCC)C(=O)O)C(=O)O. The molecule has 264 valence electrons. The molecule has 9 heteroatoms. The van der Waals surface area contributed by atoms with Crippen LogP contribution in [0, 0.1) is 11.8 Å². The van der Waals surface area contributed by atoms with E-state index in [1.165, 1.54) is 89.9 Å². The number of aliphatic carboxylic acids is 2. The number of rotatable bonds is 34. The van der Waals surface area contributed by atoms with E-state index in [0.717, 1.165) is 38.5 Å². The first kappa shape index (κ1) is 42.8. The van der Waals surface area contributed by atoms with Crippen molar-refractivity contribution in [2.24, 2.45) is 11.8 Å². The van der Waals surface area contributed by atoms with Gasteiger partial charge in [0.15, 0.2) is 0 Å². The van der Waals surface area contributed by atoms with Crippen LogP contribution < -0.4 is 0 Å². The highest BCUT2D eigenvalue weighted by atomic mass is 16.6. The molecular formula is C36H66O9. The second-order valence-corrected chi connectivity index (χ2v) is 12.5. The largest absolute Gasteiger partial charge is 0.481 e. The van der Waals surface area contributed by atoms with E-state index in [1.807, 2.05) is 0 Å². The number of hydrogen-bond donors (Lipinski definition) is 2. The van der Waals surface area contributed by atoms with Crippen LogP contribution >= 0.6 is 0 Å². The van der Waals surface area contributed by atoms with Crippen molar-refractivity contribution < 1.29 is 43.6 Å². The molecule has 0 bridgehead atoms. The van der Waals surface area contributed by atoms with Crippen molar-refractivity contribution in [2.45, 2.75) is 168 Å². The second-order valence-electron chi connectivity index (χ2n) is 12.5. The van der Waals surface area contributed by atoms with Crippen LogP contribution in [0.3, 0.4) is 0 Å². The molecular weight excluding hydrogens is 576 g/mol. The van der Waals surface area contributed by atoms with Crippen LogP contribution in [0.15, 0.2) is 0 Å². The summed E-state index contributed by atoms with van der Waals surface area (Å²) in [6.45, 7) is 4.58. The third-order valence-electron chi connectivity index (χ3n) is 8.32. The van der Waals surface area contributed by atoms with Crippen LogP contribution in [0.5, 0.6) is 0 Å². The van der Waals surface area contributed by atoms with E-state index in [1.54, 1.807) is 0 Å². The highest BCUT2D eigenvalue weighted by Crippen LogP contribution is 2.19. The quantitative estimate of drug-likeness (QED) is 0.0521. The molecule has 2 N–H and O–H groups in total. The highest BCUT2D eigenvalue weighted by Gasteiger charge is 2.22. The Morgan fingerprint density at radius 1 is 0.444 bits per heavy atom. The zero-order valence-corrected chi connectivity index (χ0v) is 28.7. The molecule has 0 aliphatic heterocycles. The predicted molar refractivity (Wildman–Crippen MR) is 177 cm³/mol. The fraction of sp³-hybridized carbons (Fsp3) is 0.889. The molecule has 9 nitrogen and oxygen atoms in total. The summed E-state index contributed by atoms with van der Waals surface area (Å²) in [6, 6.07) is 0. The number of unbranched alkanes of at least 4 members (excludes halogenated alkanes) is 18. The fourth-order valence-corrected chi connectivity index (χ4v) is 5.43. The Balaban J connectivity index is 3.86. The molecule has 0 fully saturated rings. The maximum atomic E-state index is 12.1. The van der Waals surface area contributed by atoms with Gasteiger partial charge in [-0.2, -0.15) is 0 Å². The van der Waals surface area contributed by atoms with Gasteiger partial charge in [-0.25, -0.2) is 0 Å². The molecule has 0 spiro atoms. The number of esters is 2. The van der Waals surface area contributed by atoms with Crippen molar-refractivity contribution in [2.75, 3.05) is 26.4 Å². The Morgan fingerprint density at radius 3 is 1.02 bits per heavy atom. The van der Waals surface area contributed by atoms with Crippen molar-refractivity contribution in [1.29, 1.82) is 0 Å². The lowest BCUT2D eigenvalue weighted by Crippen LogP contribution is -2.22. The Kier molecular flexibility index (Phi) is 30.3. The zero-order valence-electron chi connectivity index (χ0n) is 28.7. The van der Waals surface area contributed by atoms with Crippen molar-refractivity contribution in [3.63, 3.8) is 0 Å². The van der Waals surface area contributed by atoms with Crippen molar-refractivity contribution >= 4 is 23.9 Å². The van der Waals surface area contributed by atoms with Crippen LogP contribution in [-0.4, -0.2) is 60.5 Å². The first-order valence-electron chi connectivity index (χ1n) is 18.2. The molecule has 0 rings (SSSR count). The third kappa shape index (κ3) is 29.0. The maximum Gasteiger partial charge on any atom is 0.307 e. The molecule has 0 aromatic carbocycles. The predicted octanol–water partition coefficient (Wildman–Crippen LogP) is 8.89. The summed E-state index contributed by atoms with van der Waals surface area (Å²) in [5.41, 5.74) is 0. The average Bonchev–Trinajstić information content (AvgIpc) is 3.00. The smallest absolute Gasteiger partial charge is 0.307 e. The van der Waals surface area contributed by atoms with Gasteiger partial charge in [0.05, 0.1) is 37.9 Å². The molecule has 0 radical (unpaired) electrons. The van der Waals surface area contributed by atoms with E-state index < -0.39 is 35.7 Å². The van der Waals surface area contributed by atoms with Crippen LogP contribution in [-0.2, 0) is 33.4 Å². The normalized spacial score (nSPS) is 12.5. The van der Waals surface area contributed by atoms with E-state index >= 15 is 0 Å². The second kappa shape index (κ2) is 31.8. The summed E-state index contributed by atoms with van der Waals surface area (Å²) < 4.78 is 15.6. The number of carboxylic acid groups (broad SMARTS) is 2. The molecule has 0 saturated carbocycles. The van der Waals surface area contributed by atoms with E-state index in [4.69, 9.17) is 14.2 Å². The Morgan fingerprint density at radius 2 is 0.733 bits per heavy atom. The van der Waals surface area contributed by atoms with Crippen LogP contribution in [0.1, 0.15) is 168 Å². The molecule has 0 aromatic heterocycles. The lowest BCUT2D eigenvalue weighted by molar-refractivity contribution is -0.154. The summed E-state index contributed by atoms with van der Waals surface area (Å²) in [4.78, 5) is 47.3. The molecule has 2 atom stereocenters. The maximum absolute atomic E-state index is 12.1. The first-order chi connectivity index (χ1) is 21.8. The zero-order chi connectivity index (χ0) is 33.4. The molecule has 0 saturated heterocycles. The lowest BCUT2D eigenvalue weighted by atomic mass is 9.97. The van der Waals surface area contributed by atoms with Gasteiger partial charge in [0.25, 0.3) is 0 Å². The van der Waals surface area contributed by atoms with Gasteiger partial charge in [-0.1, -0.05) is 142 Å². The summed E-state index contributed by atoms with van der Waals surface area (Å²) in [6.07, 6.45) is 24.0. The van der Waals surface area contributed by atoms with Gasteiger partial charge in [0, 0.05) is 0 Å². The summed E-state index contributed by atoms with van der Waals surface area (Å²) in [7, 11) is 0. The Bertz CT molecular complexity index is 680. The number of carbonyl (C=O) groups excluding carboxylic acids is 2. The number of ether oxygens (including phenoxy) is 3. The molecule has 0 aliphatic carbocycles. The van der Waals surface area contributed by atoms with Crippen LogP contribution in [0.4, 0.5) is 0 Å². The first-order valence-corrected chi connectivity index (χ1v) is 18.2. The number of carboxylic acids is 2. The minimum absolute atomic E-state index is 0.0165. The molecule has 0 amide bonds. The van der Waals surface area contributed by atoms with Crippen LogP contribution in [0.2, 0.25) is 0 Å². The van der Waals surface area contributed by atoms with Gasteiger partial charge in [-0.05, 0) is 12.8 Å². The topological polar surface area (TPSA) is 136 Å². The standard InChI is InChI=1S/C36H66O9/c1-3-5-7-9-11-13-15-17-19-21-23-31(35(39)40)29-33(37)44-27-25-43-26-28-45-34(38)30-32(36(41)42)24-22-20-18-16-14-12-10-8-6-4-2/h31-32H,3-30H2,1-2H3,(H,39,40)(H,41,42). The van der Waals surface area contributed by atoms with Crippen molar-refractivity contribution in [3.05, 3.63) is 0 Å². The van der Waals surface area contributed by atoms with Crippen molar-refractivity contribution in [1.82, 2.24) is 0 Å². The molecule has 0 heterocycles. The van der Waals surface area contributed by atoms with Crippen molar-refractivity contribution in [3.8, 4) is 0 Å². The van der Waals surface area contributed by atoms with Gasteiger partial charge in [0.2, 0.25) is 0 Å². The summed E-state index contributed by atoms with van der Waals surface area (Å²) >= 11 is 0. The number of hydrogen-bond acceptors (Lipinski definition) is 7. The average molecular weight is 643 g/mol. The Hall–Kier alpha value is -2.16. The molecule has 2 unspecified atom stereocenters. The van der Waals surface area contributed by atoms with Gasteiger partial charge < -0.3 is 24.4 Å². The van der Waals surface area contributed by atoms with E-state index in [9.17, 15) is 29.4 Å². The van der Waals surface area contributed by atoms with Gasteiger partial charge in [0.1, 0.15) is 13.2 Å². The fourth-order valence-electron chi connectivity index (χ4n) is 5.43. The minimum atomic E-state index is -0.977. The lowest BCUT2D eigenvalue weighted by Gasteiger charge is -2.13. The monoisotopic (exact) mass is 642 g/mol. The van der Waals surface area contributed by atoms with E-state index in [0.29, 0.717) is 12.8 Å².